The quantitative estimate of drug-likeness (QED) is 0.0199. The van der Waals surface area contributed by atoms with Crippen LogP contribution in [0.5, 0.6) is 0 Å². The molecule has 0 aromatic carbocycles. The van der Waals surface area contributed by atoms with Crippen molar-refractivity contribution in [3.63, 3.8) is 0 Å². The van der Waals surface area contributed by atoms with E-state index < -0.39 is 124 Å². The predicted molar refractivity (Wildman–Crippen MR) is 360 cm³/mol. The van der Waals surface area contributed by atoms with Crippen LogP contribution < -0.4 is 5.32 Å². The van der Waals surface area contributed by atoms with E-state index in [-0.39, 0.29) is 18.9 Å². The van der Waals surface area contributed by atoms with E-state index in [0.29, 0.717) is 6.42 Å². The van der Waals surface area contributed by atoms with E-state index in [1.165, 1.54) is 70.6 Å². The topological polar surface area (TPSA) is 307 Å². The van der Waals surface area contributed by atoms with Gasteiger partial charge >= 0.3 is 0 Å². The van der Waals surface area contributed by atoms with Crippen molar-refractivity contribution in [2.75, 3.05) is 26.4 Å². The highest BCUT2D eigenvalue weighted by Crippen LogP contribution is 2.33. The molecule has 0 aliphatic carbocycles. The fourth-order valence-corrected chi connectivity index (χ4v) is 11.1. The lowest BCUT2D eigenvalue weighted by atomic mass is 9.96. The van der Waals surface area contributed by atoms with Crippen molar-refractivity contribution in [3.8, 4) is 0 Å². The number of ether oxygens (including phenoxy) is 6. The molecular formula is C73H123NO18. The van der Waals surface area contributed by atoms with Crippen LogP contribution in [0, 0.1) is 0 Å². The van der Waals surface area contributed by atoms with Crippen LogP contribution in [0.15, 0.2) is 109 Å². The van der Waals surface area contributed by atoms with Crippen LogP contribution in [-0.2, 0) is 33.2 Å². The van der Waals surface area contributed by atoms with E-state index in [1.807, 2.05) is 6.08 Å². The molecule has 3 heterocycles. The lowest BCUT2D eigenvalue weighted by Gasteiger charge is -2.48. The number of unbranched alkanes of at least 4 members (excludes halogenated alkanes) is 20. The van der Waals surface area contributed by atoms with Gasteiger partial charge in [0.25, 0.3) is 0 Å². The third-order valence-electron chi connectivity index (χ3n) is 16.8. The van der Waals surface area contributed by atoms with E-state index >= 15 is 0 Å². The minimum atomic E-state index is -1.98. The zero-order valence-electron chi connectivity index (χ0n) is 55.7. The summed E-state index contributed by atoms with van der Waals surface area (Å²) in [7, 11) is 0. The molecule has 0 bridgehead atoms. The molecule has 3 saturated heterocycles. The SMILES string of the molecule is CC/C=C\C/C=C\C/C=C\C/C=C\C/C=C\C/C=C\C/C=C\C/C=C\CCCCCCCCCCC(=O)NC(COC1OC(CO)C(OC2OC(CO)C(OC3OC(CO)C(O)C(O)C3O)C(O)C2O)C(O)C1O)C(O)/C=C/CCCCCCCCCCCCCC. The average molecular weight is 1300 g/mol. The van der Waals surface area contributed by atoms with Crippen LogP contribution in [0.1, 0.15) is 213 Å². The number of hydrogen-bond donors (Lipinski definition) is 12. The summed E-state index contributed by atoms with van der Waals surface area (Å²) in [5.41, 5.74) is 0. The Bertz CT molecular complexity index is 2090. The molecule has 528 valence electrons. The van der Waals surface area contributed by atoms with Crippen molar-refractivity contribution in [1.29, 1.82) is 0 Å². The van der Waals surface area contributed by atoms with Gasteiger partial charge in [-0.15, -0.1) is 0 Å². The summed E-state index contributed by atoms with van der Waals surface area (Å²) in [6, 6.07) is -0.985. The molecule has 3 fully saturated rings. The minimum absolute atomic E-state index is 0.226. The fraction of sp³-hybridized carbons (Fsp3) is 0.740. The third kappa shape index (κ3) is 34.9. The van der Waals surface area contributed by atoms with E-state index in [9.17, 15) is 61.0 Å². The normalized spacial score (nSPS) is 28.4. The standard InChI is InChI=1S/C73H123NO18/c1-3-5-7-9-11-13-15-17-19-20-21-22-23-24-25-26-27-28-29-30-31-32-33-34-35-36-37-39-41-43-45-47-49-51-61(79)74-56(57(78)50-48-46-44-42-40-38-18-16-14-12-10-8-6-4-2)55-87-71-67(85)64(82)69(59(53-76)89-71)92-73-68(86)65(83)70(60(54-77)90-73)91-72-66(84)63(81)62(80)58(52-75)88-72/h5,7,11,13,17,19,21-22,24-25,27-28,30-31,33-34,48,50,56-60,62-73,75-78,80-86H,3-4,6,8-10,12,14-16,18,20,23,26,29,32,35-47,49,51-55H2,1-2H3,(H,74,79)/b7-5-,13-11-,19-17-,22-21-,25-24-,28-27-,31-30-,34-33-,50-48+. The van der Waals surface area contributed by atoms with Gasteiger partial charge in [-0.05, 0) is 83.5 Å². The van der Waals surface area contributed by atoms with Gasteiger partial charge in [0.2, 0.25) is 5.91 Å². The molecule has 17 atom stereocenters. The Labute approximate surface area is 551 Å². The second-order valence-electron chi connectivity index (χ2n) is 24.6. The largest absolute Gasteiger partial charge is 0.394 e. The summed E-state index contributed by atoms with van der Waals surface area (Å²) in [6.45, 7) is 1.59. The second kappa shape index (κ2) is 53.6. The van der Waals surface area contributed by atoms with Gasteiger partial charge in [0, 0.05) is 6.42 Å². The number of allylic oxidation sites excluding steroid dienone is 17. The maximum Gasteiger partial charge on any atom is 0.220 e. The smallest absolute Gasteiger partial charge is 0.220 e. The lowest BCUT2D eigenvalue weighted by Crippen LogP contribution is -2.66. The first-order valence-corrected chi connectivity index (χ1v) is 35.1. The molecule has 17 unspecified atom stereocenters. The van der Waals surface area contributed by atoms with Crippen molar-refractivity contribution >= 4 is 5.91 Å². The van der Waals surface area contributed by atoms with Gasteiger partial charge in [-0.1, -0.05) is 232 Å². The van der Waals surface area contributed by atoms with Crippen LogP contribution in [0.3, 0.4) is 0 Å². The molecule has 19 nitrogen and oxygen atoms in total. The Morgan fingerprint density at radius 1 is 0.402 bits per heavy atom. The summed E-state index contributed by atoms with van der Waals surface area (Å²) in [5, 5.41) is 120. The Hall–Kier alpha value is -3.55. The second-order valence-corrected chi connectivity index (χ2v) is 24.6. The maximum atomic E-state index is 13.4. The number of nitrogens with one attached hydrogen (secondary N) is 1. The monoisotopic (exact) mass is 1300 g/mol. The number of aliphatic hydroxyl groups is 11. The number of hydrogen-bond acceptors (Lipinski definition) is 18. The van der Waals surface area contributed by atoms with Crippen molar-refractivity contribution in [1.82, 2.24) is 5.32 Å². The zero-order valence-corrected chi connectivity index (χ0v) is 55.7. The van der Waals surface area contributed by atoms with Gasteiger partial charge in [-0.25, -0.2) is 0 Å². The van der Waals surface area contributed by atoms with Crippen molar-refractivity contribution in [2.24, 2.45) is 0 Å². The van der Waals surface area contributed by atoms with Gasteiger partial charge in [0.1, 0.15) is 73.2 Å². The molecule has 0 saturated carbocycles. The summed E-state index contributed by atoms with van der Waals surface area (Å²) < 4.78 is 34.3. The number of carbonyl (C=O) groups is 1. The van der Waals surface area contributed by atoms with Crippen molar-refractivity contribution in [3.05, 3.63) is 109 Å². The number of aliphatic hydroxyl groups excluding tert-OH is 11. The molecular weight excluding hydrogens is 1180 g/mol. The molecule has 0 radical (unpaired) electrons. The first-order chi connectivity index (χ1) is 44.8. The highest BCUT2D eigenvalue weighted by molar-refractivity contribution is 5.76. The number of rotatable bonds is 52. The zero-order chi connectivity index (χ0) is 66.8. The fourth-order valence-electron chi connectivity index (χ4n) is 11.1. The molecule has 12 N–H and O–H groups in total. The minimum Gasteiger partial charge on any atom is -0.394 e. The summed E-state index contributed by atoms with van der Waals surface area (Å²) in [5.74, 6) is -0.289. The van der Waals surface area contributed by atoms with Crippen molar-refractivity contribution in [2.45, 2.75) is 317 Å². The molecule has 19 heteroatoms. The van der Waals surface area contributed by atoms with Gasteiger partial charge in [-0.3, -0.25) is 4.79 Å². The predicted octanol–water partition coefficient (Wildman–Crippen LogP) is 9.44. The number of carbonyl (C=O) groups excluding carboxylic acids is 1. The van der Waals surface area contributed by atoms with E-state index in [0.717, 1.165) is 116 Å². The summed E-state index contributed by atoms with van der Waals surface area (Å²) in [6.07, 6.45) is 44.9. The highest BCUT2D eigenvalue weighted by Gasteiger charge is 2.53. The van der Waals surface area contributed by atoms with E-state index in [4.69, 9.17) is 28.4 Å². The van der Waals surface area contributed by atoms with E-state index in [1.54, 1.807) is 6.08 Å². The Kier molecular flexibility index (Phi) is 48.1. The van der Waals surface area contributed by atoms with Gasteiger partial charge in [-0.2, -0.15) is 0 Å². The molecule has 3 aliphatic heterocycles. The molecule has 1 amide bonds. The van der Waals surface area contributed by atoms with Crippen LogP contribution >= 0.6 is 0 Å². The van der Waals surface area contributed by atoms with Crippen LogP contribution in [0.2, 0.25) is 0 Å². The highest BCUT2D eigenvalue weighted by atomic mass is 16.8. The molecule has 0 aromatic heterocycles. The lowest BCUT2D eigenvalue weighted by molar-refractivity contribution is -0.379. The molecule has 3 aliphatic rings. The average Bonchev–Trinajstić information content (AvgIpc) is 0.840. The van der Waals surface area contributed by atoms with Crippen molar-refractivity contribution < 1.29 is 89.4 Å². The van der Waals surface area contributed by atoms with Gasteiger partial charge < -0.3 is 89.9 Å². The first kappa shape index (κ1) is 82.7. The van der Waals surface area contributed by atoms with Gasteiger partial charge in [0.05, 0.1) is 38.6 Å². The Morgan fingerprint density at radius 2 is 0.750 bits per heavy atom. The molecule has 92 heavy (non-hydrogen) atoms. The Morgan fingerprint density at radius 3 is 1.17 bits per heavy atom. The summed E-state index contributed by atoms with van der Waals surface area (Å²) >= 11 is 0. The Balaban J connectivity index is 1.39. The first-order valence-electron chi connectivity index (χ1n) is 35.1. The van der Waals surface area contributed by atoms with Gasteiger partial charge in [0.15, 0.2) is 18.9 Å². The van der Waals surface area contributed by atoms with Crippen LogP contribution in [0.4, 0.5) is 0 Å². The van der Waals surface area contributed by atoms with E-state index in [2.05, 4.69) is 116 Å². The molecule has 3 rings (SSSR count). The summed E-state index contributed by atoms with van der Waals surface area (Å²) in [4.78, 5) is 13.4. The molecule has 0 aromatic rings. The third-order valence-corrected chi connectivity index (χ3v) is 16.8. The van der Waals surface area contributed by atoms with Crippen LogP contribution in [0.25, 0.3) is 0 Å². The maximum absolute atomic E-state index is 13.4. The molecule has 0 spiro atoms. The number of amides is 1. The van der Waals surface area contributed by atoms with Crippen LogP contribution in [-0.4, -0.2) is 193 Å².